The first kappa shape index (κ1) is 23.1. The number of carbonyl (C=O) groups excluding carboxylic acids is 1. The van der Waals surface area contributed by atoms with E-state index in [2.05, 4.69) is 10.3 Å². The van der Waals surface area contributed by atoms with Crippen LogP contribution in [0, 0.1) is 5.82 Å². The van der Waals surface area contributed by atoms with Gasteiger partial charge in [-0.3, -0.25) is 14.7 Å². The van der Waals surface area contributed by atoms with Crippen LogP contribution in [0.15, 0.2) is 78.0 Å². The number of Topliss-reactive ketones (excluding diaryl/α,β-unsaturated/α-hetero) is 1. The fourth-order valence-corrected chi connectivity index (χ4v) is 5.35. The summed E-state index contributed by atoms with van der Waals surface area (Å²) >= 11 is 0. The fourth-order valence-electron chi connectivity index (χ4n) is 4.44. The minimum Gasteiger partial charge on any atom is -0.326 e. The van der Waals surface area contributed by atoms with Gasteiger partial charge in [-0.05, 0) is 35.4 Å². The molecule has 0 amide bonds. The second-order valence-corrected chi connectivity index (χ2v) is 10.5. The Labute approximate surface area is 202 Å². The number of halogens is 1. The van der Waals surface area contributed by atoms with Gasteiger partial charge < -0.3 is 5.73 Å². The highest BCUT2D eigenvalue weighted by Crippen LogP contribution is 2.33. The molecule has 3 aromatic carbocycles. The molecule has 1 unspecified atom stereocenters. The largest absolute Gasteiger partial charge is 0.326 e. The number of hydrogen-bond acceptors (Lipinski definition) is 6. The highest BCUT2D eigenvalue weighted by molar-refractivity contribution is 7.90. The minimum absolute atomic E-state index is 0.118. The molecule has 2 heterocycles. The van der Waals surface area contributed by atoms with Crippen molar-refractivity contribution in [1.82, 2.24) is 14.9 Å². The molecule has 7 nitrogen and oxygen atoms in total. The maximum absolute atomic E-state index is 15.4. The minimum atomic E-state index is -3.50. The third-order valence-electron chi connectivity index (χ3n) is 6.15. The zero-order valence-electron chi connectivity index (χ0n) is 18.9. The number of nitrogens with zero attached hydrogens (tertiary/aromatic N) is 2. The van der Waals surface area contributed by atoms with E-state index < -0.39 is 21.7 Å². The lowest BCUT2D eigenvalue weighted by molar-refractivity contribution is 0.0920. The van der Waals surface area contributed by atoms with E-state index in [-0.39, 0.29) is 16.2 Å². The lowest BCUT2D eigenvalue weighted by Gasteiger charge is -2.24. The van der Waals surface area contributed by atoms with E-state index >= 15 is 4.39 Å². The smallest absolute Gasteiger partial charge is 0.203 e. The third-order valence-corrected chi connectivity index (χ3v) is 7.30. The summed E-state index contributed by atoms with van der Waals surface area (Å²) < 4.78 is 41.4. The average molecular weight is 491 g/mol. The summed E-state index contributed by atoms with van der Waals surface area (Å²) in [5.74, 6) is -0.901. The van der Waals surface area contributed by atoms with Crippen LogP contribution in [-0.4, -0.2) is 30.0 Å². The number of ketones is 1. The predicted molar refractivity (Wildman–Crippen MR) is 130 cm³/mol. The van der Waals surface area contributed by atoms with Crippen molar-refractivity contribution in [2.24, 2.45) is 5.73 Å². The summed E-state index contributed by atoms with van der Waals surface area (Å²) in [7, 11) is -3.50. The molecule has 1 atom stereocenters. The number of imidazole rings is 1. The van der Waals surface area contributed by atoms with E-state index in [1.165, 1.54) is 18.2 Å². The summed E-state index contributed by atoms with van der Waals surface area (Å²) in [4.78, 5) is 18.0. The number of fused-ring (bicyclic) bond motifs is 1. The Bertz CT molecular complexity index is 1560. The Morgan fingerprint density at radius 3 is 2.66 bits per heavy atom. The van der Waals surface area contributed by atoms with E-state index in [9.17, 15) is 13.2 Å². The Hall–Kier alpha value is -3.66. The number of benzene rings is 3. The molecule has 178 valence electrons. The van der Waals surface area contributed by atoms with E-state index in [1.807, 2.05) is 24.3 Å². The molecule has 5 rings (SSSR count). The van der Waals surface area contributed by atoms with E-state index in [0.717, 1.165) is 17.5 Å². The summed E-state index contributed by atoms with van der Waals surface area (Å²) in [6.07, 6.45) is 2.70. The second kappa shape index (κ2) is 8.84. The van der Waals surface area contributed by atoms with Crippen molar-refractivity contribution in [2.75, 3.05) is 6.26 Å². The summed E-state index contributed by atoms with van der Waals surface area (Å²) in [5, 5.41) is 3.08. The number of nitrogens with one attached hydrogen (secondary N) is 1. The molecule has 0 aliphatic carbocycles. The lowest BCUT2D eigenvalue weighted by atomic mass is 9.93. The Kier molecular flexibility index (Phi) is 5.84. The van der Waals surface area contributed by atoms with Crippen LogP contribution in [0.4, 0.5) is 4.39 Å². The number of carbonyl (C=O) groups is 1. The Morgan fingerprint density at radius 1 is 1.11 bits per heavy atom. The highest BCUT2D eigenvalue weighted by Gasteiger charge is 2.34. The molecule has 0 fully saturated rings. The number of aromatic nitrogens is 2. The fraction of sp³-hybridized carbons (Fsp3) is 0.154. The number of rotatable bonds is 5. The van der Waals surface area contributed by atoms with Crippen molar-refractivity contribution in [3.8, 4) is 16.8 Å². The maximum atomic E-state index is 15.4. The quantitative estimate of drug-likeness (QED) is 0.443. The van der Waals surface area contributed by atoms with Gasteiger partial charge in [-0.25, -0.2) is 17.8 Å². The zero-order valence-corrected chi connectivity index (χ0v) is 19.7. The van der Waals surface area contributed by atoms with E-state index in [4.69, 9.17) is 5.73 Å². The van der Waals surface area contributed by atoms with Gasteiger partial charge in [0.2, 0.25) is 5.78 Å². The van der Waals surface area contributed by atoms with Crippen LogP contribution in [0.5, 0.6) is 0 Å². The molecule has 0 spiro atoms. The van der Waals surface area contributed by atoms with Gasteiger partial charge in [0.15, 0.2) is 9.84 Å². The lowest BCUT2D eigenvalue weighted by Crippen LogP contribution is -2.36. The highest BCUT2D eigenvalue weighted by atomic mass is 32.2. The predicted octanol–water partition coefficient (Wildman–Crippen LogP) is 3.57. The van der Waals surface area contributed by atoms with Gasteiger partial charge in [-0.1, -0.05) is 42.5 Å². The number of nitrogens with two attached hydrogens (primary N) is 1. The summed E-state index contributed by atoms with van der Waals surface area (Å²) in [5.41, 5.74) is 9.42. The number of hydrogen-bond donors (Lipinski definition) is 2. The second-order valence-electron chi connectivity index (χ2n) is 8.47. The molecule has 0 bridgehead atoms. The summed E-state index contributed by atoms with van der Waals surface area (Å²) in [6, 6.07) is 17.5. The SMILES string of the molecule is CS(=O)(=O)c1ccccc1-c1ccc(C2NCc3ncn(-c4cccc(CN)c4)c3C2=O)c(F)c1. The topological polar surface area (TPSA) is 107 Å². The van der Waals surface area contributed by atoms with Crippen LogP contribution in [0.2, 0.25) is 0 Å². The third kappa shape index (κ3) is 4.18. The van der Waals surface area contributed by atoms with E-state index in [0.29, 0.717) is 35.6 Å². The molecular weight excluding hydrogens is 467 g/mol. The molecule has 1 aromatic heterocycles. The maximum Gasteiger partial charge on any atom is 0.203 e. The number of sulfone groups is 1. The van der Waals surface area contributed by atoms with Crippen LogP contribution in [0.1, 0.15) is 33.4 Å². The van der Waals surface area contributed by atoms with Crippen molar-refractivity contribution in [1.29, 1.82) is 0 Å². The molecule has 9 heteroatoms. The first-order valence-corrected chi connectivity index (χ1v) is 12.9. The zero-order chi connectivity index (χ0) is 24.7. The van der Waals surface area contributed by atoms with Crippen molar-refractivity contribution < 1.29 is 17.6 Å². The van der Waals surface area contributed by atoms with Crippen LogP contribution < -0.4 is 11.1 Å². The van der Waals surface area contributed by atoms with Gasteiger partial charge in [-0.15, -0.1) is 0 Å². The normalized spacial score (nSPS) is 15.7. The molecule has 1 aliphatic rings. The molecule has 0 saturated carbocycles. The van der Waals surface area contributed by atoms with Gasteiger partial charge in [0.05, 0.1) is 10.6 Å². The summed E-state index contributed by atoms with van der Waals surface area (Å²) in [6.45, 7) is 0.663. The van der Waals surface area contributed by atoms with Crippen LogP contribution >= 0.6 is 0 Å². The molecule has 0 radical (unpaired) electrons. The van der Waals surface area contributed by atoms with Gasteiger partial charge in [0, 0.05) is 36.2 Å². The van der Waals surface area contributed by atoms with Crippen LogP contribution in [0.3, 0.4) is 0 Å². The van der Waals surface area contributed by atoms with Gasteiger partial charge in [-0.2, -0.15) is 0 Å². The van der Waals surface area contributed by atoms with Crippen molar-refractivity contribution in [3.63, 3.8) is 0 Å². The van der Waals surface area contributed by atoms with E-state index in [1.54, 1.807) is 35.2 Å². The van der Waals surface area contributed by atoms with Gasteiger partial charge in [0.25, 0.3) is 0 Å². The standard InChI is InChI=1S/C26H23FN4O3S/c1-35(33,34)23-8-3-2-7-19(23)17-9-10-20(21(27)12-17)24-26(32)25-22(14-29-24)30-15-31(25)18-6-4-5-16(11-18)13-28/h2-12,15,24,29H,13-14,28H2,1H3. The van der Waals surface area contributed by atoms with Crippen molar-refractivity contribution in [2.45, 2.75) is 24.0 Å². The van der Waals surface area contributed by atoms with Crippen molar-refractivity contribution in [3.05, 3.63) is 101 Å². The molecular formula is C26H23FN4O3S. The monoisotopic (exact) mass is 490 g/mol. The van der Waals surface area contributed by atoms with Gasteiger partial charge >= 0.3 is 0 Å². The van der Waals surface area contributed by atoms with Gasteiger partial charge in [0.1, 0.15) is 23.9 Å². The Morgan fingerprint density at radius 2 is 1.91 bits per heavy atom. The molecule has 35 heavy (non-hydrogen) atoms. The molecule has 0 saturated heterocycles. The average Bonchev–Trinajstić information content (AvgIpc) is 3.29. The van der Waals surface area contributed by atoms with Crippen LogP contribution in [0.25, 0.3) is 16.8 Å². The first-order valence-electron chi connectivity index (χ1n) is 11.0. The Balaban J connectivity index is 1.52. The molecule has 4 aromatic rings. The van der Waals surface area contributed by atoms with Crippen LogP contribution in [-0.2, 0) is 22.9 Å². The molecule has 3 N–H and O–H groups in total. The first-order chi connectivity index (χ1) is 16.8. The van der Waals surface area contributed by atoms with Crippen molar-refractivity contribution >= 4 is 15.6 Å². The molecule has 1 aliphatic heterocycles.